The molecule has 12 nitrogen and oxygen atoms in total. The summed E-state index contributed by atoms with van der Waals surface area (Å²) in [4.78, 5) is 72.6. The molecule has 12 heteroatoms. The third-order valence-electron chi connectivity index (χ3n) is 6.89. The summed E-state index contributed by atoms with van der Waals surface area (Å²) in [5.41, 5.74) is -1.29. The number of nitrogens with zero attached hydrogens (tertiary/aromatic N) is 2. The van der Waals surface area contributed by atoms with Crippen LogP contribution in [0.5, 0.6) is 5.88 Å². The predicted molar refractivity (Wildman–Crippen MR) is 178 cm³/mol. The fraction of sp³-hybridized carbons (Fsp3) is 0.314. The smallest absolute Gasteiger partial charge is 0.412 e. The number of hydrogen-bond acceptors (Lipinski definition) is 8. The second-order valence-electron chi connectivity index (χ2n) is 11.8. The second-order valence-corrected chi connectivity index (χ2v) is 11.8. The quantitative estimate of drug-likeness (QED) is 0.173. The molecule has 0 saturated carbocycles. The molecule has 0 aliphatic rings. The van der Waals surface area contributed by atoms with Crippen molar-refractivity contribution in [1.82, 2.24) is 19.9 Å². The third-order valence-corrected chi connectivity index (χ3v) is 6.89. The molecular weight excluding hydrogens is 602 g/mol. The number of ether oxygens (including phenoxy) is 2. The van der Waals surface area contributed by atoms with Gasteiger partial charge in [-0.3, -0.25) is 29.1 Å². The van der Waals surface area contributed by atoms with Crippen molar-refractivity contribution >= 4 is 23.5 Å². The van der Waals surface area contributed by atoms with E-state index in [-0.39, 0.29) is 29.5 Å². The van der Waals surface area contributed by atoms with Crippen molar-refractivity contribution in [2.75, 3.05) is 11.9 Å². The van der Waals surface area contributed by atoms with Crippen molar-refractivity contribution in [3.8, 4) is 17.3 Å². The lowest BCUT2D eigenvalue weighted by molar-refractivity contribution is -0.122. The van der Waals surface area contributed by atoms with E-state index in [4.69, 9.17) is 9.47 Å². The summed E-state index contributed by atoms with van der Waals surface area (Å²) in [7, 11) is 0. The minimum absolute atomic E-state index is 0.00871. The number of aromatic amines is 1. The van der Waals surface area contributed by atoms with Crippen molar-refractivity contribution in [3.63, 3.8) is 0 Å². The first-order chi connectivity index (χ1) is 22.5. The van der Waals surface area contributed by atoms with Crippen LogP contribution in [0.2, 0.25) is 0 Å². The van der Waals surface area contributed by atoms with Gasteiger partial charge in [-0.1, -0.05) is 74.0 Å². The third kappa shape index (κ3) is 9.49. The van der Waals surface area contributed by atoms with Crippen LogP contribution >= 0.6 is 0 Å². The highest BCUT2D eigenvalue weighted by molar-refractivity contribution is 6.10. The highest BCUT2D eigenvalue weighted by Crippen LogP contribution is 2.20. The Hall–Kier alpha value is -5.52. The highest BCUT2D eigenvalue weighted by atomic mass is 16.6. The van der Waals surface area contributed by atoms with Gasteiger partial charge in [-0.2, -0.15) is 0 Å². The normalized spacial score (nSPS) is 11.7. The summed E-state index contributed by atoms with van der Waals surface area (Å²) in [6.07, 6.45) is 3.29. The molecule has 1 atom stereocenters. The molecule has 4 rings (SSSR count). The molecule has 0 saturated heterocycles. The van der Waals surface area contributed by atoms with Crippen LogP contribution in [-0.4, -0.2) is 50.6 Å². The summed E-state index contributed by atoms with van der Waals surface area (Å²) in [5, 5.41) is 5.24. The first-order valence-corrected chi connectivity index (χ1v) is 15.4. The van der Waals surface area contributed by atoms with Crippen molar-refractivity contribution in [2.24, 2.45) is 0 Å². The fourth-order valence-corrected chi connectivity index (χ4v) is 4.69. The van der Waals surface area contributed by atoms with Gasteiger partial charge in [0.2, 0.25) is 17.6 Å². The average molecular weight is 642 g/mol. The van der Waals surface area contributed by atoms with Gasteiger partial charge >= 0.3 is 6.09 Å². The van der Waals surface area contributed by atoms with Gasteiger partial charge in [0.05, 0.1) is 12.7 Å². The van der Waals surface area contributed by atoms with E-state index in [2.05, 4.69) is 20.6 Å². The van der Waals surface area contributed by atoms with Crippen molar-refractivity contribution in [2.45, 2.75) is 65.2 Å². The standard InChI is InChI=1S/C35H39N5O7/c1-5-6-17-25(46-32-29(27(41)18-19-36-32)30(43)23-13-9-7-10-14-23)20-37-28(42)22-40-31(24-15-11-8-12-16-24)38-21-26(33(40)44)39-34(45)47-35(2,3)4/h7-16,18-19,21,25H,5-6,17,20,22H2,1-4H3,(H,36,41)(H,37,42)(H,39,45). The summed E-state index contributed by atoms with van der Waals surface area (Å²) in [6, 6.07) is 18.5. The van der Waals surface area contributed by atoms with E-state index >= 15 is 0 Å². The lowest BCUT2D eigenvalue weighted by atomic mass is 10.0. The van der Waals surface area contributed by atoms with E-state index in [0.29, 0.717) is 17.5 Å². The lowest BCUT2D eigenvalue weighted by Crippen LogP contribution is -2.40. The van der Waals surface area contributed by atoms with Crippen LogP contribution in [0.25, 0.3) is 11.4 Å². The molecule has 0 aliphatic heterocycles. The Bertz CT molecular complexity index is 1810. The Morgan fingerprint density at radius 1 is 0.979 bits per heavy atom. The number of carbonyl (C=O) groups is 3. The number of ketones is 1. The molecule has 0 radical (unpaired) electrons. The van der Waals surface area contributed by atoms with Crippen LogP contribution in [0.1, 0.15) is 62.9 Å². The Morgan fingerprint density at radius 2 is 1.66 bits per heavy atom. The molecule has 0 spiro atoms. The summed E-state index contributed by atoms with van der Waals surface area (Å²) in [6.45, 7) is 6.70. The van der Waals surface area contributed by atoms with Gasteiger partial charge < -0.3 is 19.8 Å². The number of carbonyl (C=O) groups excluding carboxylic acids is 3. The van der Waals surface area contributed by atoms with E-state index in [9.17, 15) is 24.0 Å². The number of anilines is 1. The molecule has 3 N–H and O–H groups in total. The van der Waals surface area contributed by atoms with Gasteiger partial charge in [-0.25, -0.2) is 9.78 Å². The van der Waals surface area contributed by atoms with Crippen LogP contribution in [-0.2, 0) is 16.1 Å². The van der Waals surface area contributed by atoms with E-state index in [1.165, 1.54) is 23.0 Å². The zero-order chi connectivity index (χ0) is 34.0. The first-order valence-electron chi connectivity index (χ1n) is 15.4. The Labute approximate surface area is 272 Å². The zero-order valence-electron chi connectivity index (χ0n) is 26.9. The van der Waals surface area contributed by atoms with Gasteiger partial charge in [0.15, 0.2) is 5.43 Å². The van der Waals surface area contributed by atoms with Crippen LogP contribution in [0, 0.1) is 0 Å². The molecule has 0 aliphatic carbocycles. The number of benzene rings is 2. The van der Waals surface area contributed by atoms with Crippen LogP contribution in [0.4, 0.5) is 10.5 Å². The number of rotatable bonds is 13. The number of hydrogen-bond donors (Lipinski definition) is 3. The summed E-state index contributed by atoms with van der Waals surface area (Å²) in [5.74, 6) is -0.770. The summed E-state index contributed by atoms with van der Waals surface area (Å²) >= 11 is 0. The number of amides is 2. The molecule has 47 heavy (non-hydrogen) atoms. The summed E-state index contributed by atoms with van der Waals surface area (Å²) < 4.78 is 12.6. The molecule has 0 bridgehead atoms. The van der Waals surface area contributed by atoms with Crippen LogP contribution < -0.4 is 26.4 Å². The SMILES string of the molecule is CCCCC(CNC(=O)Cn1c(-c2ccccc2)ncc(NC(=O)OC(C)(C)C)c1=O)Oc1[nH]ccc(=O)c1C(=O)c1ccccc1. The van der Waals surface area contributed by atoms with Crippen LogP contribution in [0.15, 0.2) is 88.7 Å². The van der Waals surface area contributed by atoms with Gasteiger partial charge in [0.25, 0.3) is 5.56 Å². The van der Waals surface area contributed by atoms with Crippen molar-refractivity contribution in [3.05, 3.63) is 111 Å². The minimum atomic E-state index is -0.833. The molecule has 2 heterocycles. The van der Waals surface area contributed by atoms with Gasteiger partial charge in [-0.15, -0.1) is 0 Å². The maximum Gasteiger partial charge on any atom is 0.412 e. The fourth-order valence-electron chi connectivity index (χ4n) is 4.69. The minimum Gasteiger partial charge on any atom is -0.473 e. The molecular formula is C35H39N5O7. The predicted octanol–water partition coefficient (Wildman–Crippen LogP) is 4.93. The topological polar surface area (TPSA) is 161 Å². The molecule has 0 fully saturated rings. The second kappa shape index (κ2) is 15.7. The van der Waals surface area contributed by atoms with Gasteiger partial charge in [-0.05, 0) is 33.6 Å². The van der Waals surface area contributed by atoms with Crippen molar-refractivity contribution < 1.29 is 23.9 Å². The largest absolute Gasteiger partial charge is 0.473 e. The van der Waals surface area contributed by atoms with Gasteiger partial charge in [0.1, 0.15) is 35.3 Å². The zero-order valence-corrected chi connectivity index (χ0v) is 26.9. The van der Waals surface area contributed by atoms with Crippen molar-refractivity contribution in [1.29, 1.82) is 0 Å². The highest BCUT2D eigenvalue weighted by Gasteiger charge is 2.23. The van der Waals surface area contributed by atoms with E-state index in [1.54, 1.807) is 75.4 Å². The number of aromatic nitrogens is 3. The number of nitrogens with one attached hydrogen (secondary N) is 3. The first kappa shape index (κ1) is 34.4. The Kier molecular flexibility index (Phi) is 11.4. The number of unbranched alkanes of at least 4 members (excludes halogenated alkanes) is 1. The molecule has 2 aromatic carbocycles. The average Bonchev–Trinajstić information content (AvgIpc) is 3.04. The molecule has 4 aromatic rings. The number of H-pyrrole nitrogens is 1. The molecule has 246 valence electrons. The number of pyridine rings is 1. The monoisotopic (exact) mass is 641 g/mol. The van der Waals surface area contributed by atoms with Gasteiger partial charge in [0, 0.05) is 23.4 Å². The Morgan fingerprint density at radius 3 is 2.32 bits per heavy atom. The molecule has 2 amide bonds. The van der Waals surface area contributed by atoms with Crippen LogP contribution in [0.3, 0.4) is 0 Å². The molecule has 2 aromatic heterocycles. The lowest BCUT2D eigenvalue weighted by Gasteiger charge is -2.21. The maximum atomic E-state index is 13.6. The van der Waals surface area contributed by atoms with E-state index < -0.39 is 47.0 Å². The van der Waals surface area contributed by atoms with E-state index in [1.807, 2.05) is 13.0 Å². The maximum absolute atomic E-state index is 13.6. The Balaban J connectivity index is 1.56. The molecule has 1 unspecified atom stereocenters. The van der Waals surface area contributed by atoms with E-state index in [0.717, 1.165) is 12.8 Å².